The number of benzene rings is 1. The molecule has 0 aromatic heterocycles. The molecule has 0 radical (unpaired) electrons. The van der Waals surface area contributed by atoms with Crippen molar-refractivity contribution in [1.29, 1.82) is 0 Å². The quantitative estimate of drug-likeness (QED) is 0.862. The van der Waals surface area contributed by atoms with Crippen LogP contribution in [0.15, 0.2) is 18.2 Å². The smallest absolute Gasteiger partial charge is 0.0597 e. The summed E-state index contributed by atoms with van der Waals surface area (Å²) < 4.78 is 0. The van der Waals surface area contributed by atoms with E-state index in [0.717, 1.165) is 23.2 Å². The van der Waals surface area contributed by atoms with E-state index >= 15 is 0 Å². The van der Waals surface area contributed by atoms with Gasteiger partial charge in [-0.05, 0) is 37.0 Å². The monoisotopic (exact) mass is 238 g/mol. The van der Waals surface area contributed by atoms with Crippen molar-refractivity contribution in [3.05, 3.63) is 23.2 Å². The van der Waals surface area contributed by atoms with Gasteiger partial charge in [-0.3, -0.25) is 0 Å². The fraction of sp³-hybridized carbons (Fsp3) is 0.538. The van der Waals surface area contributed by atoms with Crippen LogP contribution in [0.2, 0.25) is 5.02 Å². The molecular formula is C13H19ClN2. The van der Waals surface area contributed by atoms with Crippen LogP contribution in [0.3, 0.4) is 0 Å². The summed E-state index contributed by atoms with van der Waals surface area (Å²) in [7, 11) is 4.11. The molecule has 1 N–H and O–H groups in total. The highest BCUT2D eigenvalue weighted by molar-refractivity contribution is 6.31. The van der Waals surface area contributed by atoms with E-state index in [-0.39, 0.29) is 0 Å². The Morgan fingerprint density at radius 3 is 2.69 bits per heavy atom. The highest BCUT2D eigenvalue weighted by Gasteiger charge is 2.17. The van der Waals surface area contributed by atoms with E-state index in [1.807, 2.05) is 12.1 Å². The van der Waals surface area contributed by atoms with Crippen molar-refractivity contribution in [3.63, 3.8) is 0 Å². The van der Waals surface area contributed by atoms with Gasteiger partial charge >= 0.3 is 0 Å². The zero-order valence-corrected chi connectivity index (χ0v) is 10.7. The third kappa shape index (κ3) is 2.62. The molecule has 0 atom stereocenters. The van der Waals surface area contributed by atoms with Crippen LogP contribution in [-0.2, 0) is 0 Å². The fourth-order valence-electron chi connectivity index (χ4n) is 1.99. The van der Waals surface area contributed by atoms with E-state index < -0.39 is 0 Å². The summed E-state index contributed by atoms with van der Waals surface area (Å²) >= 11 is 6.03. The van der Waals surface area contributed by atoms with Crippen molar-refractivity contribution >= 4 is 23.0 Å². The molecule has 0 bridgehead atoms. The number of nitrogens with one attached hydrogen (secondary N) is 1. The van der Waals surface area contributed by atoms with Gasteiger partial charge in [-0.15, -0.1) is 0 Å². The van der Waals surface area contributed by atoms with Gasteiger partial charge in [-0.2, -0.15) is 0 Å². The first-order valence-corrected chi connectivity index (χ1v) is 6.25. The maximum Gasteiger partial charge on any atom is 0.0597 e. The lowest BCUT2D eigenvalue weighted by Crippen LogP contribution is -2.22. The second kappa shape index (κ2) is 4.96. The summed E-state index contributed by atoms with van der Waals surface area (Å²) in [5.74, 6) is 0.856. The average Bonchev–Trinajstić information content (AvgIpc) is 2.14. The minimum Gasteiger partial charge on any atom is -0.383 e. The maximum absolute atomic E-state index is 6.03. The second-order valence-corrected chi connectivity index (χ2v) is 5.17. The van der Waals surface area contributed by atoms with Crippen LogP contribution in [-0.4, -0.2) is 20.6 Å². The zero-order valence-electron chi connectivity index (χ0n) is 9.96. The molecule has 0 aliphatic heterocycles. The summed E-state index contributed by atoms with van der Waals surface area (Å²) in [4.78, 5) is 2.11. The van der Waals surface area contributed by atoms with Gasteiger partial charge in [0.2, 0.25) is 0 Å². The first-order valence-electron chi connectivity index (χ1n) is 5.87. The van der Waals surface area contributed by atoms with Gasteiger partial charge < -0.3 is 10.2 Å². The molecule has 0 saturated heterocycles. The van der Waals surface area contributed by atoms with Gasteiger partial charge in [0.05, 0.1) is 11.4 Å². The van der Waals surface area contributed by atoms with Gasteiger partial charge in [0.15, 0.2) is 0 Å². The Balaban J connectivity index is 2.06. The maximum atomic E-state index is 6.03. The van der Waals surface area contributed by atoms with Crippen molar-refractivity contribution in [2.45, 2.75) is 19.3 Å². The van der Waals surface area contributed by atoms with Crippen LogP contribution in [0.1, 0.15) is 19.3 Å². The molecule has 2 rings (SSSR count). The average molecular weight is 239 g/mol. The van der Waals surface area contributed by atoms with E-state index in [0.29, 0.717) is 0 Å². The molecular weight excluding hydrogens is 220 g/mol. The lowest BCUT2D eigenvalue weighted by Gasteiger charge is -2.27. The number of hydrogen-bond acceptors (Lipinski definition) is 2. The SMILES string of the molecule is CN(C)c1ccc(Cl)cc1NCC1CCC1. The van der Waals surface area contributed by atoms with Crippen LogP contribution >= 0.6 is 11.6 Å². The largest absolute Gasteiger partial charge is 0.383 e. The van der Waals surface area contributed by atoms with Crippen LogP contribution in [0.5, 0.6) is 0 Å². The van der Waals surface area contributed by atoms with Gasteiger partial charge in [-0.25, -0.2) is 0 Å². The molecule has 2 nitrogen and oxygen atoms in total. The Bertz CT molecular complexity index is 359. The number of nitrogens with zero attached hydrogens (tertiary/aromatic N) is 1. The molecule has 88 valence electrons. The third-order valence-electron chi connectivity index (χ3n) is 3.25. The molecule has 3 heteroatoms. The number of anilines is 2. The van der Waals surface area contributed by atoms with E-state index in [9.17, 15) is 0 Å². The Hall–Kier alpha value is -0.890. The number of rotatable bonds is 4. The molecule has 1 saturated carbocycles. The van der Waals surface area contributed by atoms with Gasteiger partial charge in [0.25, 0.3) is 0 Å². The first kappa shape index (κ1) is 11.6. The number of hydrogen-bond donors (Lipinski definition) is 1. The molecule has 0 unspecified atom stereocenters. The van der Waals surface area contributed by atoms with Crippen molar-refractivity contribution in [2.24, 2.45) is 5.92 Å². The summed E-state index contributed by atoms with van der Waals surface area (Å²) in [6, 6.07) is 6.01. The lowest BCUT2D eigenvalue weighted by atomic mass is 9.85. The molecule has 1 aromatic carbocycles. The molecule has 16 heavy (non-hydrogen) atoms. The normalized spacial score (nSPS) is 15.7. The second-order valence-electron chi connectivity index (χ2n) is 4.73. The summed E-state index contributed by atoms with van der Waals surface area (Å²) in [5.41, 5.74) is 2.34. The van der Waals surface area contributed by atoms with Crippen molar-refractivity contribution < 1.29 is 0 Å². The fourth-order valence-corrected chi connectivity index (χ4v) is 2.16. The molecule has 1 aromatic rings. The van der Waals surface area contributed by atoms with Crippen LogP contribution in [0.4, 0.5) is 11.4 Å². The van der Waals surface area contributed by atoms with Crippen molar-refractivity contribution in [3.8, 4) is 0 Å². The standard InChI is InChI=1S/C13H19ClN2/c1-16(2)13-7-6-11(14)8-12(13)15-9-10-4-3-5-10/h6-8,10,15H,3-5,9H2,1-2H3. The van der Waals surface area contributed by atoms with E-state index in [1.54, 1.807) is 0 Å². The Morgan fingerprint density at radius 2 is 2.12 bits per heavy atom. The minimum atomic E-state index is 0.793. The molecule has 1 aliphatic rings. The Morgan fingerprint density at radius 1 is 1.38 bits per heavy atom. The van der Waals surface area contributed by atoms with Gasteiger partial charge in [0, 0.05) is 25.7 Å². The molecule has 0 spiro atoms. The van der Waals surface area contributed by atoms with Gasteiger partial charge in [0.1, 0.15) is 0 Å². The zero-order chi connectivity index (χ0) is 11.5. The minimum absolute atomic E-state index is 0.793. The molecule has 1 aliphatic carbocycles. The lowest BCUT2D eigenvalue weighted by molar-refractivity contribution is 0.333. The van der Waals surface area contributed by atoms with E-state index in [4.69, 9.17) is 11.6 Å². The first-order chi connectivity index (χ1) is 7.66. The van der Waals surface area contributed by atoms with Gasteiger partial charge in [-0.1, -0.05) is 18.0 Å². The van der Waals surface area contributed by atoms with E-state index in [1.165, 1.54) is 24.9 Å². The molecule has 0 heterocycles. The van der Waals surface area contributed by atoms with Crippen LogP contribution in [0, 0.1) is 5.92 Å². The summed E-state index contributed by atoms with van der Waals surface area (Å²) in [6.07, 6.45) is 4.12. The highest BCUT2D eigenvalue weighted by atomic mass is 35.5. The number of halogens is 1. The predicted molar refractivity (Wildman–Crippen MR) is 71.6 cm³/mol. The van der Waals surface area contributed by atoms with Crippen LogP contribution < -0.4 is 10.2 Å². The summed E-state index contributed by atoms with van der Waals surface area (Å²) in [6.45, 7) is 1.07. The van der Waals surface area contributed by atoms with E-state index in [2.05, 4.69) is 30.4 Å². The highest BCUT2D eigenvalue weighted by Crippen LogP contribution is 2.30. The van der Waals surface area contributed by atoms with Crippen molar-refractivity contribution in [2.75, 3.05) is 30.9 Å². The third-order valence-corrected chi connectivity index (χ3v) is 3.48. The Kier molecular flexibility index (Phi) is 3.59. The topological polar surface area (TPSA) is 15.3 Å². The summed E-state index contributed by atoms with van der Waals surface area (Å²) in [5, 5.41) is 4.30. The molecule has 1 fully saturated rings. The molecule has 0 amide bonds. The van der Waals surface area contributed by atoms with Crippen molar-refractivity contribution in [1.82, 2.24) is 0 Å². The predicted octanol–water partition coefficient (Wildman–Crippen LogP) is 3.62. The van der Waals surface area contributed by atoms with Crippen LogP contribution in [0.25, 0.3) is 0 Å². The Labute approximate surface area is 103 Å².